The molecule has 1 fully saturated rings. The van der Waals surface area contributed by atoms with Crippen molar-refractivity contribution in [3.8, 4) is 23.1 Å². The van der Waals surface area contributed by atoms with Crippen molar-refractivity contribution in [1.29, 1.82) is 5.26 Å². The van der Waals surface area contributed by atoms with Gasteiger partial charge < -0.3 is 14.0 Å². The number of nitrogens with one attached hydrogen (secondary N) is 1. The molecule has 38 heavy (non-hydrogen) atoms. The van der Waals surface area contributed by atoms with E-state index in [9.17, 15) is 10.1 Å². The van der Waals surface area contributed by atoms with Gasteiger partial charge in [0, 0.05) is 29.7 Å². The van der Waals surface area contributed by atoms with E-state index in [4.69, 9.17) is 9.47 Å². The van der Waals surface area contributed by atoms with Gasteiger partial charge in [-0.3, -0.25) is 10.00 Å². The zero-order chi connectivity index (χ0) is 26.5. The van der Waals surface area contributed by atoms with Gasteiger partial charge in [0.25, 0.3) is 0 Å². The van der Waals surface area contributed by atoms with Gasteiger partial charge >= 0.3 is 6.09 Å². The highest BCUT2D eigenvalue weighted by atomic mass is 16.6. The van der Waals surface area contributed by atoms with Gasteiger partial charge in [0.15, 0.2) is 0 Å². The van der Waals surface area contributed by atoms with E-state index in [-0.39, 0.29) is 6.10 Å². The van der Waals surface area contributed by atoms with Crippen LogP contribution in [0.1, 0.15) is 57.6 Å². The van der Waals surface area contributed by atoms with Crippen molar-refractivity contribution in [1.82, 2.24) is 19.3 Å². The van der Waals surface area contributed by atoms with E-state index < -0.39 is 6.09 Å². The lowest BCUT2D eigenvalue weighted by Crippen LogP contribution is -2.18. The summed E-state index contributed by atoms with van der Waals surface area (Å²) >= 11 is 0. The number of anilines is 1. The zero-order valence-corrected chi connectivity index (χ0v) is 21.8. The number of benzene rings is 2. The van der Waals surface area contributed by atoms with Crippen LogP contribution < -0.4 is 10.1 Å². The quantitative estimate of drug-likeness (QED) is 0.249. The summed E-state index contributed by atoms with van der Waals surface area (Å²) in [6.45, 7) is 5.04. The smallest absolute Gasteiger partial charge is 0.411 e. The van der Waals surface area contributed by atoms with Gasteiger partial charge in [0.05, 0.1) is 29.5 Å². The zero-order valence-electron chi connectivity index (χ0n) is 21.8. The molecule has 0 spiro atoms. The van der Waals surface area contributed by atoms with Crippen molar-refractivity contribution >= 4 is 22.7 Å². The Kier molecular flexibility index (Phi) is 7.59. The Morgan fingerprint density at radius 3 is 2.66 bits per heavy atom. The van der Waals surface area contributed by atoms with Crippen molar-refractivity contribution in [2.45, 2.75) is 64.6 Å². The van der Waals surface area contributed by atoms with Gasteiger partial charge in [-0.05, 0) is 75.8 Å². The number of carbonyl (C=O) groups excluding carboxylic acids is 1. The third-order valence-corrected chi connectivity index (χ3v) is 6.79. The van der Waals surface area contributed by atoms with Crippen LogP contribution in [0.5, 0.6) is 5.75 Å². The largest absolute Gasteiger partial charge is 0.494 e. The van der Waals surface area contributed by atoms with Crippen LogP contribution in [0.2, 0.25) is 0 Å². The minimum Gasteiger partial charge on any atom is -0.494 e. The molecule has 0 aliphatic heterocycles. The van der Waals surface area contributed by atoms with Gasteiger partial charge in [-0.15, -0.1) is 0 Å². The van der Waals surface area contributed by atoms with Crippen LogP contribution >= 0.6 is 0 Å². The lowest BCUT2D eigenvalue weighted by molar-refractivity contribution is 0.130. The monoisotopic (exact) mass is 512 g/mol. The Bertz CT molecular complexity index is 1430. The molecule has 9 nitrogen and oxygen atoms in total. The molecule has 4 aromatic rings. The van der Waals surface area contributed by atoms with Crippen molar-refractivity contribution in [2.24, 2.45) is 0 Å². The molecule has 1 aliphatic rings. The van der Waals surface area contributed by atoms with E-state index in [1.165, 1.54) is 6.42 Å². The number of carbonyl (C=O) groups is 1. The summed E-state index contributed by atoms with van der Waals surface area (Å²) < 4.78 is 15.4. The summed E-state index contributed by atoms with van der Waals surface area (Å²) in [5.74, 6) is 0.801. The molecule has 2 aromatic heterocycles. The standard InChI is InChI=1S/C29H32N6O3/c1-20(2)38-29(36)33-22-10-8-21(9-11-22)28-26(17-30)25-13-12-24(16-27(25)35(28)23-6-5-7-23)37-15-4-3-14-34-19-31-18-32-34/h8-13,16,18-20,23H,3-7,14-15H2,1-2H3,(H,33,36). The molecule has 5 rings (SSSR count). The highest BCUT2D eigenvalue weighted by Crippen LogP contribution is 2.43. The molecule has 0 radical (unpaired) electrons. The molecule has 0 atom stereocenters. The Labute approximate surface area is 222 Å². The Morgan fingerprint density at radius 2 is 2.00 bits per heavy atom. The van der Waals surface area contributed by atoms with Gasteiger partial charge in [-0.2, -0.15) is 10.4 Å². The molecule has 1 amide bonds. The van der Waals surface area contributed by atoms with Crippen molar-refractivity contribution in [2.75, 3.05) is 11.9 Å². The maximum absolute atomic E-state index is 12.0. The topological polar surface area (TPSA) is 107 Å². The first-order valence-electron chi connectivity index (χ1n) is 13.1. The van der Waals surface area contributed by atoms with E-state index in [0.717, 1.165) is 60.1 Å². The number of aryl methyl sites for hydroxylation is 1. The predicted molar refractivity (Wildman–Crippen MR) is 145 cm³/mol. The molecule has 2 heterocycles. The van der Waals surface area contributed by atoms with E-state index >= 15 is 0 Å². The maximum atomic E-state index is 12.0. The first-order chi connectivity index (χ1) is 18.5. The second-order valence-corrected chi connectivity index (χ2v) is 9.84. The fraction of sp³-hybridized carbons (Fsp3) is 0.379. The average molecular weight is 513 g/mol. The summed E-state index contributed by atoms with van der Waals surface area (Å²) in [5.41, 5.74) is 4.16. The average Bonchev–Trinajstić information content (AvgIpc) is 3.49. The third-order valence-electron chi connectivity index (χ3n) is 6.79. The Hall–Kier alpha value is -4.32. The number of ether oxygens (including phenoxy) is 2. The molecule has 0 bridgehead atoms. The van der Waals surface area contributed by atoms with E-state index in [1.807, 2.05) is 54.9 Å². The lowest BCUT2D eigenvalue weighted by Gasteiger charge is -2.30. The number of unbranched alkanes of at least 4 members (excludes halogenated alkanes) is 1. The van der Waals surface area contributed by atoms with Crippen molar-refractivity contribution in [3.05, 3.63) is 60.7 Å². The fourth-order valence-corrected chi connectivity index (χ4v) is 4.79. The highest BCUT2D eigenvalue weighted by Gasteiger charge is 2.28. The van der Waals surface area contributed by atoms with E-state index in [1.54, 1.807) is 12.7 Å². The maximum Gasteiger partial charge on any atom is 0.411 e. The molecule has 1 N–H and O–H groups in total. The van der Waals surface area contributed by atoms with Crippen LogP contribution in [0.4, 0.5) is 10.5 Å². The molecule has 196 valence electrons. The molecule has 2 aromatic carbocycles. The SMILES string of the molecule is CC(C)OC(=O)Nc1ccc(-c2c(C#N)c3ccc(OCCCCn4cncn4)cc3n2C2CCC2)cc1. The van der Waals surface area contributed by atoms with Crippen LogP contribution in [0.25, 0.3) is 22.2 Å². The van der Waals surface area contributed by atoms with Crippen LogP contribution in [0.3, 0.4) is 0 Å². The Morgan fingerprint density at radius 1 is 1.18 bits per heavy atom. The number of aromatic nitrogens is 4. The van der Waals surface area contributed by atoms with Crippen LogP contribution in [0.15, 0.2) is 55.1 Å². The van der Waals surface area contributed by atoms with Gasteiger partial charge in [0.1, 0.15) is 24.5 Å². The predicted octanol–water partition coefficient (Wildman–Crippen LogP) is 6.31. The molecule has 0 saturated heterocycles. The number of hydrogen-bond acceptors (Lipinski definition) is 6. The normalized spacial score (nSPS) is 13.3. The van der Waals surface area contributed by atoms with Crippen molar-refractivity contribution in [3.63, 3.8) is 0 Å². The first-order valence-corrected chi connectivity index (χ1v) is 13.1. The molecule has 9 heteroatoms. The van der Waals surface area contributed by atoms with Crippen molar-refractivity contribution < 1.29 is 14.3 Å². The molecule has 0 unspecified atom stereocenters. The summed E-state index contributed by atoms with van der Waals surface area (Å²) in [4.78, 5) is 16.0. The fourth-order valence-electron chi connectivity index (χ4n) is 4.79. The number of nitriles is 1. The van der Waals surface area contributed by atoms with Crippen LogP contribution in [0, 0.1) is 11.3 Å². The minimum absolute atomic E-state index is 0.195. The second-order valence-electron chi connectivity index (χ2n) is 9.84. The first kappa shape index (κ1) is 25.3. The number of hydrogen-bond donors (Lipinski definition) is 1. The molecular weight excluding hydrogens is 480 g/mol. The van der Waals surface area contributed by atoms with E-state index in [2.05, 4.69) is 32.1 Å². The summed E-state index contributed by atoms with van der Waals surface area (Å²) in [7, 11) is 0. The van der Waals surface area contributed by atoms with Gasteiger partial charge in [0.2, 0.25) is 0 Å². The number of rotatable bonds is 10. The van der Waals surface area contributed by atoms with Crippen LogP contribution in [-0.4, -0.2) is 38.1 Å². The van der Waals surface area contributed by atoms with Crippen LogP contribution in [-0.2, 0) is 11.3 Å². The lowest BCUT2D eigenvalue weighted by atomic mass is 9.92. The summed E-state index contributed by atoms with van der Waals surface area (Å²) in [6, 6.07) is 16.4. The third kappa shape index (κ3) is 5.49. The van der Waals surface area contributed by atoms with Gasteiger partial charge in [-0.1, -0.05) is 12.1 Å². The summed E-state index contributed by atoms with van der Waals surface area (Å²) in [6.07, 6.45) is 7.77. The van der Waals surface area contributed by atoms with Gasteiger partial charge in [-0.25, -0.2) is 9.78 Å². The minimum atomic E-state index is -0.486. The molecular formula is C29H32N6O3. The molecule has 1 aliphatic carbocycles. The number of amides is 1. The summed E-state index contributed by atoms with van der Waals surface area (Å²) in [5, 5.41) is 18.0. The van der Waals surface area contributed by atoms with E-state index in [0.29, 0.717) is 23.9 Å². The Balaban J connectivity index is 1.38. The molecule has 1 saturated carbocycles. The second kappa shape index (κ2) is 11.4. The highest BCUT2D eigenvalue weighted by molar-refractivity contribution is 5.96. The number of nitrogens with zero attached hydrogens (tertiary/aromatic N) is 5. The number of fused-ring (bicyclic) bond motifs is 1.